The molecule has 8 nitrogen and oxygen atoms in total. The highest BCUT2D eigenvalue weighted by Crippen LogP contribution is 2.40. The second-order valence-corrected chi connectivity index (χ2v) is 9.28. The van der Waals surface area contributed by atoms with Gasteiger partial charge in [-0.05, 0) is 53.6 Å². The molecule has 0 aliphatic heterocycles. The molecule has 0 saturated carbocycles. The van der Waals surface area contributed by atoms with Gasteiger partial charge in [0, 0.05) is 5.02 Å². The number of benzene rings is 3. The van der Waals surface area contributed by atoms with E-state index in [1.807, 2.05) is 6.08 Å². The van der Waals surface area contributed by atoms with E-state index in [1.165, 1.54) is 47.7 Å². The third-order valence-electron chi connectivity index (χ3n) is 5.01. The number of anilines is 1. The SMILES string of the molecule is COc1cc(/C=C\c2cc(OC)c(OC)c(OC)c2)cc(NS(=O)(=O)c2cccc(Cl)c2)c1OC. The highest BCUT2D eigenvalue weighted by Gasteiger charge is 2.20. The second kappa shape index (κ2) is 11.2. The van der Waals surface area contributed by atoms with Crippen LogP contribution in [0.15, 0.2) is 53.4 Å². The van der Waals surface area contributed by atoms with E-state index in [9.17, 15) is 8.42 Å². The van der Waals surface area contributed by atoms with Crippen molar-refractivity contribution >= 4 is 39.5 Å². The molecule has 0 saturated heterocycles. The van der Waals surface area contributed by atoms with Gasteiger partial charge < -0.3 is 23.7 Å². The molecule has 0 aliphatic carbocycles. The quantitative estimate of drug-likeness (QED) is 0.361. The Morgan fingerprint density at radius 2 is 1.23 bits per heavy atom. The molecule has 3 aromatic rings. The van der Waals surface area contributed by atoms with E-state index in [4.69, 9.17) is 35.3 Å². The van der Waals surface area contributed by atoms with Crippen molar-refractivity contribution in [3.05, 3.63) is 64.7 Å². The van der Waals surface area contributed by atoms with Crippen LogP contribution < -0.4 is 28.4 Å². The van der Waals surface area contributed by atoms with E-state index in [2.05, 4.69) is 4.72 Å². The fraction of sp³-hybridized carbons (Fsp3) is 0.200. The summed E-state index contributed by atoms with van der Waals surface area (Å²) in [4.78, 5) is 0.0180. The van der Waals surface area contributed by atoms with Crippen molar-refractivity contribution in [2.24, 2.45) is 0 Å². The zero-order valence-electron chi connectivity index (χ0n) is 19.9. The van der Waals surface area contributed by atoms with Crippen LogP contribution >= 0.6 is 11.6 Å². The average Bonchev–Trinajstić information content (AvgIpc) is 2.86. The third-order valence-corrected chi connectivity index (χ3v) is 6.61. The normalized spacial score (nSPS) is 11.3. The summed E-state index contributed by atoms with van der Waals surface area (Å²) >= 11 is 5.98. The maximum absolute atomic E-state index is 13.0. The van der Waals surface area contributed by atoms with Gasteiger partial charge in [0.15, 0.2) is 23.0 Å². The Bertz CT molecular complexity index is 1310. The zero-order chi connectivity index (χ0) is 25.6. The van der Waals surface area contributed by atoms with Crippen molar-refractivity contribution in [1.82, 2.24) is 0 Å². The number of hydrogen-bond donors (Lipinski definition) is 1. The lowest BCUT2D eigenvalue weighted by Gasteiger charge is -2.16. The summed E-state index contributed by atoms with van der Waals surface area (Å²) in [5.74, 6) is 2.09. The monoisotopic (exact) mass is 519 g/mol. The fourth-order valence-electron chi connectivity index (χ4n) is 3.39. The lowest BCUT2D eigenvalue weighted by Crippen LogP contribution is -2.14. The van der Waals surface area contributed by atoms with Gasteiger partial charge in [-0.15, -0.1) is 0 Å². The number of rotatable bonds is 10. The lowest BCUT2D eigenvalue weighted by molar-refractivity contribution is 0.324. The third kappa shape index (κ3) is 5.93. The maximum Gasteiger partial charge on any atom is 0.262 e. The molecule has 186 valence electrons. The summed E-state index contributed by atoms with van der Waals surface area (Å²) in [6.45, 7) is 0. The minimum atomic E-state index is -3.94. The van der Waals surface area contributed by atoms with Crippen LogP contribution in [0.3, 0.4) is 0 Å². The molecule has 0 heterocycles. The van der Waals surface area contributed by atoms with Gasteiger partial charge in [0.2, 0.25) is 5.75 Å². The Hall–Kier alpha value is -3.56. The Balaban J connectivity index is 2.03. The van der Waals surface area contributed by atoms with Gasteiger partial charge in [-0.3, -0.25) is 4.72 Å². The molecule has 0 atom stereocenters. The zero-order valence-corrected chi connectivity index (χ0v) is 21.5. The number of hydrogen-bond acceptors (Lipinski definition) is 7. The summed E-state index contributed by atoms with van der Waals surface area (Å²) in [6, 6.07) is 12.9. The summed E-state index contributed by atoms with van der Waals surface area (Å²) in [6.07, 6.45) is 3.61. The number of sulfonamides is 1. The Labute approximate surface area is 210 Å². The van der Waals surface area contributed by atoms with Crippen LogP contribution in [0, 0.1) is 0 Å². The minimum Gasteiger partial charge on any atom is -0.493 e. The molecule has 10 heteroatoms. The van der Waals surface area contributed by atoms with Crippen molar-refractivity contribution < 1.29 is 32.1 Å². The molecule has 0 radical (unpaired) electrons. The van der Waals surface area contributed by atoms with E-state index in [-0.39, 0.29) is 16.3 Å². The minimum absolute atomic E-state index is 0.0180. The van der Waals surface area contributed by atoms with Gasteiger partial charge in [0.25, 0.3) is 10.0 Å². The molecule has 3 aromatic carbocycles. The van der Waals surface area contributed by atoms with Crippen molar-refractivity contribution in [3.8, 4) is 28.7 Å². The van der Waals surface area contributed by atoms with Crippen molar-refractivity contribution in [3.63, 3.8) is 0 Å². The van der Waals surface area contributed by atoms with Crippen LogP contribution in [0.1, 0.15) is 11.1 Å². The molecule has 0 fully saturated rings. The average molecular weight is 520 g/mol. The molecule has 0 aliphatic rings. The van der Waals surface area contributed by atoms with E-state index in [0.717, 1.165) is 5.56 Å². The number of ether oxygens (including phenoxy) is 5. The highest BCUT2D eigenvalue weighted by molar-refractivity contribution is 7.92. The maximum atomic E-state index is 13.0. The van der Waals surface area contributed by atoms with Crippen LogP contribution in [0.5, 0.6) is 28.7 Å². The molecule has 35 heavy (non-hydrogen) atoms. The van der Waals surface area contributed by atoms with Gasteiger partial charge in [-0.25, -0.2) is 8.42 Å². The van der Waals surface area contributed by atoms with Crippen LogP contribution in [-0.2, 0) is 10.0 Å². The Kier molecular flexibility index (Phi) is 8.37. The van der Waals surface area contributed by atoms with Crippen LogP contribution in [0.4, 0.5) is 5.69 Å². The second-order valence-electron chi connectivity index (χ2n) is 7.16. The van der Waals surface area contributed by atoms with Gasteiger partial charge in [-0.1, -0.05) is 29.8 Å². The Morgan fingerprint density at radius 1 is 0.714 bits per heavy atom. The Morgan fingerprint density at radius 3 is 1.71 bits per heavy atom. The molecule has 0 amide bonds. The van der Waals surface area contributed by atoms with Crippen molar-refractivity contribution in [2.75, 3.05) is 40.3 Å². The molecule has 0 aromatic heterocycles. The predicted molar refractivity (Wildman–Crippen MR) is 137 cm³/mol. The topological polar surface area (TPSA) is 92.3 Å². The first-order valence-electron chi connectivity index (χ1n) is 10.3. The summed E-state index contributed by atoms with van der Waals surface area (Å²) in [7, 11) is 3.57. The van der Waals surface area contributed by atoms with Gasteiger partial charge in [0.1, 0.15) is 0 Å². The van der Waals surface area contributed by atoms with E-state index < -0.39 is 10.0 Å². The first-order valence-corrected chi connectivity index (χ1v) is 12.1. The lowest BCUT2D eigenvalue weighted by atomic mass is 10.1. The van der Waals surface area contributed by atoms with E-state index in [1.54, 1.807) is 42.5 Å². The van der Waals surface area contributed by atoms with Gasteiger partial charge in [-0.2, -0.15) is 0 Å². The number of halogens is 1. The first-order chi connectivity index (χ1) is 16.8. The summed E-state index contributed by atoms with van der Waals surface area (Å²) in [5.41, 5.74) is 1.63. The molecular formula is C25H26ClNO7S. The standard InChI is InChI=1S/C25H26ClNO7S/c1-30-21-12-16(9-10-17-13-22(31-2)25(34-5)23(14-17)32-3)11-20(24(21)33-4)27-35(28,29)19-8-6-7-18(26)15-19/h6-15,27H,1-5H3/b10-9-. The predicted octanol–water partition coefficient (Wildman–Crippen LogP) is 5.35. The highest BCUT2D eigenvalue weighted by atomic mass is 35.5. The molecule has 0 unspecified atom stereocenters. The fourth-order valence-corrected chi connectivity index (χ4v) is 4.74. The first kappa shape index (κ1) is 26.1. The van der Waals surface area contributed by atoms with E-state index >= 15 is 0 Å². The van der Waals surface area contributed by atoms with Crippen molar-refractivity contribution in [2.45, 2.75) is 4.90 Å². The number of nitrogens with one attached hydrogen (secondary N) is 1. The molecule has 1 N–H and O–H groups in total. The van der Waals surface area contributed by atoms with Crippen LogP contribution in [0.25, 0.3) is 12.2 Å². The molecule has 0 spiro atoms. The van der Waals surface area contributed by atoms with Gasteiger partial charge in [0.05, 0.1) is 46.1 Å². The smallest absolute Gasteiger partial charge is 0.262 e. The molecular weight excluding hydrogens is 494 g/mol. The van der Waals surface area contributed by atoms with Crippen molar-refractivity contribution in [1.29, 1.82) is 0 Å². The van der Waals surface area contributed by atoms with Crippen LogP contribution in [-0.4, -0.2) is 44.0 Å². The molecule has 3 rings (SSSR count). The van der Waals surface area contributed by atoms with E-state index in [0.29, 0.717) is 33.6 Å². The number of methoxy groups -OCH3 is 5. The molecule has 0 bridgehead atoms. The summed E-state index contributed by atoms with van der Waals surface area (Å²) < 4.78 is 55.6. The summed E-state index contributed by atoms with van der Waals surface area (Å²) in [5, 5.41) is 0.305. The van der Waals surface area contributed by atoms with Crippen LogP contribution in [0.2, 0.25) is 5.02 Å². The largest absolute Gasteiger partial charge is 0.493 e. The van der Waals surface area contributed by atoms with Gasteiger partial charge >= 0.3 is 0 Å².